The van der Waals surface area contributed by atoms with Crippen molar-refractivity contribution in [2.24, 2.45) is 5.92 Å². The van der Waals surface area contributed by atoms with Gasteiger partial charge in [-0.3, -0.25) is 0 Å². The molecular formula is C85H72N2. The smallest absolute Gasteiger partial charge is 0.0714 e. The summed E-state index contributed by atoms with van der Waals surface area (Å²) >= 11 is 0. The van der Waals surface area contributed by atoms with E-state index in [0.717, 1.165) is 34.9 Å². The van der Waals surface area contributed by atoms with Crippen molar-refractivity contribution in [1.29, 1.82) is 0 Å². The first kappa shape index (κ1) is 52.1. The maximum atomic E-state index is 2.62. The average Bonchev–Trinajstić information content (AvgIpc) is 1.12. The maximum Gasteiger partial charge on any atom is 0.0714 e. The SMILES string of the molecule is CC(C)(C)c1ccc(C23c4ccc(cc4)C4(C)c5cccc(c54)N(c4ccccc4)c4ccc(c2c4)-c2ccc4c5c(ccc3c25)C2(c3ccc(C(C)(C)C)cc3)c3cc(ccc3-4)N(c3ccccc3)c3cccc(c3)C(C)(C)C3=CCC2C=C3)cc1. The molecule has 10 bridgehead atoms. The predicted molar refractivity (Wildman–Crippen MR) is 364 cm³/mol. The topological polar surface area (TPSA) is 6.48 Å². The molecule has 0 aromatic heterocycles. The van der Waals surface area contributed by atoms with Gasteiger partial charge >= 0.3 is 0 Å². The van der Waals surface area contributed by atoms with Gasteiger partial charge in [0.05, 0.1) is 16.5 Å². The van der Waals surface area contributed by atoms with Crippen LogP contribution in [-0.2, 0) is 32.5 Å². The van der Waals surface area contributed by atoms with Crippen LogP contribution in [0, 0.1) is 5.92 Å². The van der Waals surface area contributed by atoms with Gasteiger partial charge in [-0.05, 0) is 208 Å². The van der Waals surface area contributed by atoms with E-state index in [4.69, 9.17) is 0 Å². The number of nitrogens with zero attached hydrogens (tertiary/aromatic N) is 2. The van der Waals surface area contributed by atoms with E-state index in [9.17, 15) is 0 Å². The molecule has 4 unspecified atom stereocenters. The zero-order valence-corrected chi connectivity index (χ0v) is 51.4. The molecule has 11 aromatic carbocycles. The molecule has 0 N–H and O–H groups in total. The summed E-state index contributed by atoms with van der Waals surface area (Å²) in [5.41, 5.74) is 28.8. The number of anilines is 6. The number of para-hydroxylation sites is 2. The quantitative estimate of drug-likeness (QED) is 0.173. The Morgan fingerprint density at radius 3 is 1.51 bits per heavy atom. The van der Waals surface area contributed by atoms with Crippen LogP contribution in [0.2, 0.25) is 0 Å². The van der Waals surface area contributed by atoms with Crippen LogP contribution in [0.1, 0.15) is 141 Å². The number of hydrogen-bond donors (Lipinski definition) is 0. The molecule has 0 saturated carbocycles. The molecule has 4 aliphatic heterocycles. The fourth-order valence-corrected chi connectivity index (χ4v) is 17.0. The highest BCUT2D eigenvalue weighted by molar-refractivity contribution is 6.15. The summed E-state index contributed by atoms with van der Waals surface area (Å²) in [4.78, 5) is 5.04. The molecule has 19 rings (SSSR count). The van der Waals surface area contributed by atoms with E-state index >= 15 is 0 Å². The molecule has 2 nitrogen and oxygen atoms in total. The van der Waals surface area contributed by atoms with E-state index in [0.29, 0.717) is 0 Å². The van der Waals surface area contributed by atoms with Crippen LogP contribution in [0.4, 0.5) is 34.1 Å². The molecule has 8 aliphatic rings. The summed E-state index contributed by atoms with van der Waals surface area (Å²) in [7, 11) is 0. The van der Waals surface area contributed by atoms with Crippen LogP contribution in [0.15, 0.2) is 260 Å². The number of fused-ring (bicyclic) bond motifs is 5. The highest BCUT2D eigenvalue weighted by Crippen LogP contribution is 2.66. The highest BCUT2D eigenvalue weighted by atomic mass is 15.2. The Kier molecular flexibility index (Phi) is 10.7. The Bertz CT molecular complexity index is 4760. The number of rotatable bonds is 4. The number of benzene rings is 11. The average molecular weight is 1120 g/mol. The molecule has 4 aliphatic carbocycles. The molecule has 422 valence electrons. The molecule has 0 fully saturated rings. The second kappa shape index (κ2) is 17.9. The summed E-state index contributed by atoms with van der Waals surface area (Å²) in [6.45, 7) is 21.3. The molecule has 2 heteroatoms. The molecule has 0 amide bonds. The summed E-state index contributed by atoms with van der Waals surface area (Å²) in [5, 5.41) is 2.69. The summed E-state index contributed by atoms with van der Waals surface area (Å²) in [5.74, 6) is 0.0625. The first-order valence-corrected chi connectivity index (χ1v) is 31.6. The minimum atomic E-state index is -0.744. The summed E-state index contributed by atoms with van der Waals surface area (Å²) in [6, 6.07) is 93.2. The van der Waals surface area contributed by atoms with Crippen molar-refractivity contribution in [3.05, 3.63) is 333 Å². The second-order valence-electron chi connectivity index (χ2n) is 28.5. The Morgan fingerprint density at radius 1 is 0.379 bits per heavy atom. The van der Waals surface area contributed by atoms with Gasteiger partial charge in [0.15, 0.2) is 0 Å². The third-order valence-electron chi connectivity index (χ3n) is 21.7. The first-order chi connectivity index (χ1) is 42.0. The zero-order valence-electron chi connectivity index (χ0n) is 51.4. The molecule has 11 aromatic rings. The molecule has 87 heavy (non-hydrogen) atoms. The third kappa shape index (κ3) is 7.05. The van der Waals surface area contributed by atoms with Gasteiger partial charge in [-0.15, -0.1) is 0 Å². The van der Waals surface area contributed by atoms with E-state index < -0.39 is 10.8 Å². The van der Waals surface area contributed by atoms with Crippen molar-refractivity contribution in [3.63, 3.8) is 0 Å². The van der Waals surface area contributed by atoms with Crippen LogP contribution in [-0.4, -0.2) is 0 Å². The molecule has 0 radical (unpaired) electrons. The van der Waals surface area contributed by atoms with E-state index in [1.165, 1.54) is 117 Å². The number of allylic oxidation sites excluding steroid dienone is 4. The standard InChI is InChI=1S/C85H72N2/c1-80(2,3)53-26-34-57(35-27-53)84-59-38-30-55(31-39-59)82(7,8)61-18-16-23-64(50-61)86(62-19-12-10-13-20-62)65-42-44-67(74(84)51-65)69-46-47-70-68-45-43-66-52-75(68)85(72-49-48-71(84)77(69)78(70)72,58-36-28-54(29-37-58)81(4,5)6)60-40-32-56(33-41-60)83(9)73-24-17-25-76(79(73)83)87(66)63-21-14-11-15-22-63/h10-38,40-52,59H,39H2,1-9H3. The largest absolute Gasteiger partial charge is 0.310 e. The maximum absolute atomic E-state index is 2.62. The fourth-order valence-electron chi connectivity index (χ4n) is 17.0. The first-order valence-electron chi connectivity index (χ1n) is 31.6. The van der Waals surface area contributed by atoms with Crippen molar-refractivity contribution in [2.45, 2.75) is 101 Å². The minimum Gasteiger partial charge on any atom is -0.310 e. The van der Waals surface area contributed by atoms with Crippen molar-refractivity contribution in [3.8, 4) is 22.3 Å². The van der Waals surface area contributed by atoms with E-state index in [-0.39, 0.29) is 27.6 Å². The second-order valence-corrected chi connectivity index (χ2v) is 28.5. The van der Waals surface area contributed by atoms with E-state index in [2.05, 4.69) is 327 Å². The lowest BCUT2D eigenvalue weighted by Crippen LogP contribution is -2.41. The third-order valence-corrected chi connectivity index (χ3v) is 21.7. The summed E-state index contributed by atoms with van der Waals surface area (Å²) < 4.78 is 0. The molecule has 4 heterocycles. The van der Waals surface area contributed by atoms with Gasteiger partial charge in [0.25, 0.3) is 0 Å². The summed E-state index contributed by atoms with van der Waals surface area (Å²) in [6.07, 6.45) is 8.59. The van der Waals surface area contributed by atoms with Gasteiger partial charge in [0.2, 0.25) is 0 Å². The normalized spacial score (nSPS) is 21.2. The van der Waals surface area contributed by atoms with Gasteiger partial charge < -0.3 is 9.80 Å². The molecule has 4 atom stereocenters. The van der Waals surface area contributed by atoms with Crippen LogP contribution in [0.3, 0.4) is 0 Å². The van der Waals surface area contributed by atoms with Gasteiger partial charge in [0.1, 0.15) is 0 Å². The Hall–Kier alpha value is -9.24. The van der Waals surface area contributed by atoms with Crippen molar-refractivity contribution in [1.82, 2.24) is 0 Å². The lowest BCUT2D eigenvalue weighted by atomic mass is 9.53. The van der Waals surface area contributed by atoms with Gasteiger partial charge in [0, 0.05) is 39.3 Å². The lowest BCUT2D eigenvalue weighted by Gasteiger charge is -2.49. The number of hydrogen-bond acceptors (Lipinski definition) is 2. The Labute approximate surface area is 513 Å². The zero-order chi connectivity index (χ0) is 59.1. The Balaban J connectivity index is 1.02. The van der Waals surface area contributed by atoms with Crippen molar-refractivity contribution < 1.29 is 0 Å². The van der Waals surface area contributed by atoms with Crippen molar-refractivity contribution in [2.75, 3.05) is 9.80 Å². The Morgan fingerprint density at radius 2 is 0.885 bits per heavy atom. The highest BCUT2D eigenvalue weighted by Gasteiger charge is 2.54. The van der Waals surface area contributed by atoms with Gasteiger partial charge in [-0.25, -0.2) is 0 Å². The van der Waals surface area contributed by atoms with Gasteiger partial charge in [-0.2, -0.15) is 0 Å². The van der Waals surface area contributed by atoms with Crippen LogP contribution in [0.25, 0.3) is 33.0 Å². The lowest BCUT2D eigenvalue weighted by molar-refractivity contribution is 0.444. The van der Waals surface area contributed by atoms with Gasteiger partial charge in [-0.1, -0.05) is 243 Å². The molecular weight excluding hydrogens is 1050 g/mol. The predicted octanol–water partition coefficient (Wildman–Crippen LogP) is 21.8. The van der Waals surface area contributed by atoms with Crippen LogP contribution < -0.4 is 9.80 Å². The van der Waals surface area contributed by atoms with Crippen LogP contribution >= 0.6 is 0 Å². The molecule has 0 saturated heterocycles. The van der Waals surface area contributed by atoms with E-state index in [1.807, 2.05) is 0 Å². The van der Waals surface area contributed by atoms with E-state index in [1.54, 1.807) is 0 Å². The minimum absolute atomic E-state index is 0.0249. The van der Waals surface area contributed by atoms with Crippen LogP contribution in [0.5, 0.6) is 0 Å². The van der Waals surface area contributed by atoms with Crippen molar-refractivity contribution >= 4 is 44.9 Å². The molecule has 0 spiro atoms. The fraction of sp³-hybridized carbons (Fsp3) is 0.200. The monoisotopic (exact) mass is 1120 g/mol.